The summed E-state index contributed by atoms with van der Waals surface area (Å²) in [6.45, 7) is 4.89. The van der Waals surface area contributed by atoms with Crippen LogP contribution >= 0.6 is 37.2 Å². The highest BCUT2D eigenvalue weighted by molar-refractivity contribution is 5.86. The molecule has 1 N–H and O–H groups in total. The Hall–Kier alpha value is -2.93. The molecule has 4 aromatic rings. The summed E-state index contributed by atoms with van der Waals surface area (Å²) >= 11 is 0. The van der Waals surface area contributed by atoms with Crippen LogP contribution < -0.4 is 10.1 Å². The largest absolute Gasteiger partial charge is 0.496 e. The van der Waals surface area contributed by atoms with E-state index in [1.165, 1.54) is 11.1 Å². The minimum absolute atomic E-state index is 0. The molecule has 3 heterocycles. The first-order valence-electron chi connectivity index (χ1n) is 13.7. The van der Waals surface area contributed by atoms with Crippen molar-refractivity contribution < 1.29 is 17.9 Å². The first-order valence-corrected chi connectivity index (χ1v) is 13.7. The highest BCUT2D eigenvalue weighted by Crippen LogP contribution is 2.36. The van der Waals surface area contributed by atoms with Gasteiger partial charge in [0.05, 0.1) is 12.8 Å². The predicted octanol–water partition coefficient (Wildman–Crippen LogP) is 5.25. The molecule has 14 heteroatoms. The number of halogens is 6. The summed E-state index contributed by atoms with van der Waals surface area (Å²) in [6.07, 6.45) is -4.68. The number of hydrogen-bond acceptors (Lipinski definition) is 7. The van der Waals surface area contributed by atoms with Gasteiger partial charge in [-0.15, -0.1) is 42.3 Å². The lowest BCUT2D eigenvalue weighted by Crippen LogP contribution is -2.66. The van der Waals surface area contributed by atoms with Crippen molar-refractivity contribution in [2.45, 2.75) is 30.7 Å². The van der Waals surface area contributed by atoms with E-state index in [4.69, 9.17) is 4.74 Å². The van der Waals surface area contributed by atoms with Crippen molar-refractivity contribution in [1.82, 2.24) is 35.3 Å². The van der Waals surface area contributed by atoms with Gasteiger partial charge >= 0.3 is 6.18 Å². The fraction of sp³-hybridized carbons (Fsp3) is 0.367. The van der Waals surface area contributed by atoms with E-state index >= 15 is 0 Å². The summed E-state index contributed by atoms with van der Waals surface area (Å²) in [5.74, 6) is -0.396. The maximum absolute atomic E-state index is 13.5. The normalized spacial score (nSPS) is 18.8. The van der Waals surface area contributed by atoms with Gasteiger partial charge in [0.15, 0.2) is 0 Å². The minimum atomic E-state index is -4.68. The van der Waals surface area contributed by atoms with Crippen molar-refractivity contribution in [3.8, 4) is 11.4 Å². The van der Waals surface area contributed by atoms with Crippen molar-refractivity contribution in [3.05, 3.63) is 101 Å². The SMILES string of the molecule is COc1ccc(-n2nnnc2C(F)(F)F)cc1CN1C[C@H]2CNCCN2[C@@H](C(c2ccccc2)c2ccccc2)C1.Cl.Cl.Cl. The van der Waals surface area contributed by atoms with E-state index in [1.54, 1.807) is 25.3 Å². The molecule has 0 radical (unpaired) electrons. The van der Waals surface area contributed by atoms with Crippen molar-refractivity contribution in [3.63, 3.8) is 0 Å². The summed E-state index contributed by atoms with van der Waals surface area (Å²) in [5.41, 5.74) is 3.54. The van der Waals surface area contributed by atoms with Gasteiger partial charge < -0.3 is 10.1 Å². The van der Waals surface area contributed by atoms with E-state index in [1.807, 2.05) is 12.1 Å². The molecule has 2 atom stereocenters. The molecule has 0 bridgehead atoms. The highest BCUT2D eigenvalue weighted by atomic mass is 35.5. The number of benzene rings is 3. The van der Waals surface area contributed by atoms with E-state index in [0.717, 1.165) is 43.0 Å². The number of aromatic nitrogens is 4. The summed E-state index contributed by atoms with van der Waals surface area (Å²) in [7, 11) is 1.57. The van der Waals surface area contributed by atoms with Gasteiger partial charge in [-0.3, -0.25) is 9.80 Å². The molecular weight excluding hydrogens is 638 g/mol. The van der Waals surface area contributed by atoms with Crippen molar-refractivity contribution in [2.75, 3.05) is 39.8 Å². The lowest BCUT2D eigenvalue weighted by atomic mass is 9.81. The number of alkyl halides is 3. The molecule has 238 valence electrons. The van der Waals surface area contributed by atoms with Gasteiger partial charge in [0.1, 0.15) is 5.75 Å². The molecule has 0 unspecified atom stereocenters. The Labute approximate surface area is 273 Å². The zero-order valence-electron chi connectivity index (χ0n) is 23.9. The van der Waals surface area contributed by atoms with E-state index in [-0.39, 0.29) is 54.9 Å². The zero-order chi connectivity index (χ0) is 28.4. The predicted molar refractivity (Wildman–Crippen MR) is 170 cm³/mol. The number of tetrazole rings is 1. The Morgan fingerprint density at radius 2 is 1.59 bits per heavy atom. The second-order valence-corrected chi connectivity index (χ2v) is 10.6. The molecule has 8 nitrogen and oxygen atoms in total. The fourth-order valence-corrected chi connectivity index (χ4v) is 6.31. The molecule has 2 saturated heterocycles. The topological polar surface area (TPSA) is 71.3 Å². The third kappa shape index (κ3) is 7.47. The van der Waals surface area contributed by atoms with Crippen LogP contribution in [0.3, 0.4) is 0 Å². The Bertz CT molecular complexity index is 1420. The Balaban J connectivity index is 0.00000176. The minimum Gasteiger partial charge on any atom is -0.496 e. The number of nitrogens with one attached hydrogen (secondary N) is 1. The van der Waals surface area contributed by atoms with E-state index in [0.29, 0.717) is 18.3 Å². The molecule has 1 aromatic heterocycles. The first-order chi connectivity index (χ1) is 19.9. The first kappa shape index (κ1) is 35.5. The zero-order valence-corrected chi connectivity index (χ0v) is 26.4. The van der Waals surface area contributed by atoms with Gasteiger partial charge in [0.25, 0.3) is 5.82 Å². The van der Waals surface area contributed by atoms with Crippen molar-refractivity contribution in [2.24, 2.45) is 0 Å². The molecule has 0 saturated carbocycles. The number of piperazine rings is 2. The third-order valence-electron chi connectivity index (χ3n) is 8.06. The molecule has 6 rings (SSSR count). The van der Waals surface area contributed by atoms with Crippen LogP contribution in [0.5, 0.6) is 5.75 Å². The Morgan fingerprint density at radius 1 is 0.932 bits per heavy atom. The van der Waals surface area contributed by atoms with E-state index < -0.39 is 12.0 Å². The molecule has 2 aliphatic heterocycles. The van der Waals surface area contributed by atoms with Gasteiger partial charge in [-0.2, -0.15) is 17.9 Å². The van der Waals surface area contributed by atoms with Crippen LogP contribution in [0.4, 0.5) is 13.2 Å². The van der Waals surface area contributed by atoms with E-state index in [9.17, 15) is 13.2 Å². The Morgan fingerprint density at radius 3 is 2.20 bits per heavy atom. The van der Waals surface area contributed by atoms with Gasteiger partial charge in [-0.1, -0.05) is 60.7 Å². The maximum Gasteiger partial charge on any atom is 0.453 e. The summed E-state index contributed by atoms with van der Waals surface area (Å²) in [6, 6.07) is 26.6. The molecule has 0 aliphatic carbocycles. The average molecular weight is 673 g/mol. The fourth-order valence-electron chi connectivity index (χ4n) is 6.31. The third-order valence-corrected chi connectivity index (χ3v) is 8.06. The second-order valence-electron chi connectivity index (χ2n) is 10.6. The quantitative estimate of drug-likeness (QED) is 0.288. The van der Waals surface area contributed by atoms with Crippen LogP contribution in [0, 0.1) is 0 Å². The van der Waals surface area contributed by atoms with Gasteiger partial charge in [0.2, 0.25) is 0 Å². The van der Waals surface area contributed by atoms with Crippen LogP contribution in [0.1, 0.15) is 28.4 Å². The van der Waals surface area contributed by atoms with Crippen LogP contribution in [0.15, 0.2) is 78.9 Å². The summed E-state index contributed by atoms with van der Waals surface area (Å²) < 4.78 is 47.0. The Kier molecular flexibility index (Phi) is 12.4. The van der Waals surface area contributed by atoms with Crippen molar-refractivity contribution >= 4 is 37.2 Å². The standard InChI is InChI=1S/C30H32F3N7O.3ClH/c1-41-27-13-12-24(40-29(30(31,32)33)35-36-37-40)16-23(27)18-38-19-25-17-34-14-15-39(25)26(20-38)28(21-8-4-2-5-9-21)22-10-6-3-7-11-22;;;/h2-13,16,25-26,28,34H,14-15,17-20H2,1H3;3*1H/t25-,26-;;;/m1.../s1. The molecule has 2 fully saturated rings. The van der Waals surface area contributed by atoms with Gasteiger partial charge in [0, 0.05) is 62.8 Å². The molecular formula is C30H35Cl3F3N7O. The molecule has 0 spiro atoms. The smallest absolute Gasteiger partial charge is 0.453 e. The van der Waals surface area contributed by atoms with Crippen LogP contribution in [0.25, 0.3) is 5.69 Å². The van der Waals surface area contributed by atoms with Crippen LogP contribution in [-0.2, 0) is 12.7 Å². The number of ether oxygens (including phenoxy) is 1. The van der Waals surface area contributed by atoms with Gasteiger partial charge in [-0.25, -0.2) is 0 Å². The van der Waals surface area contributed by atoms with E-state index in [2.05, 4.69) is 79.2 Å². The summed E-state index contributed by atoms with van der Waals surface area (Å²) in [4.78, 5) is 5.03. The number of hydrogen-bond donors (Lipinski definition) is 1. The number of fused-ring (bicyclic) bond motifs is 1. The molecule has 2 aliphatic rings. The monoisotopic (exact) mass is 671 g/mol. The summed E-state index contributed by atoms with van der Waals surface area (Å²) in [5, 5.41) is 13.7. The molecule has 3 aromatic carbocycles. The molecule has 44 heavy (non-hydrogen) atoms. The number of methoxy groups -OCH3 is 1. The number of rotatable bonds is 7. The maximum atomic E-state index is 13.5. The lowest BCUT2D eigenvalue weighted by Gasteiger charge is -2.52. The van der Waals surface area contributed by atoms with Crippen molar-refractivity contribution in [1.29, 1.82) is 0 Å². The van der Waals surface area contributed by atoms with Gasteiger partial charge in [-0.05, 0) is 39.8 Å². The van der Waals surface area contributed by atoms with Crippen LogP contribution in [0.2, 0.25) is 0 Å². The average Bonchev–Trinajstić information content (AvgIpc) is 3.50. The highest BCUT2D eigenvalue weighted by Gasteiger charge is 2.41. The molecule has 0 amide bonds. The number of nitrogens with zero attached hydrogens (tertiary/aromatic N) is 6. The van der Waals surface area contributed by atoms with Crippen LogP contribution in [-0.4, -0.2) is 81.9 Å². The second kappa shape index (κ2) is 15.4. The lowest BCUT2D eigenvalue weighted by molar-refractivity contribution is -0.146.